The number of hydrogen-bond acceptors (Lipinski definition) is 8. The van der Waals surface area contributed by atoms with Crippen molar-refractivity contribution in [2.24, 2.45) is 5.92 Å². The zero-order chi connectivity index (χ0) is 24.9. The molecule has 1 aliphatic rings. The van der Waals surface area contributed by atoms with Gasteiger partial charge in [0.15, 0.2) is 10.8 Å². The molecule has 0 saturated carbocycles. The molecule has 4 rings (SSSR count). The Bertz CT molecular complexity index is 1280. The summed E-state index contributed by atoms with van der Waals surface area (Å²) >= 11 is 1.27. The van der Waals surface area contributed by atoms with Crippen LogP contribution in [-0.4, -0.2) is 53.1 Å². The Balaban J connectivity index is 1.44. The molecule has 2 N–H and O–H groups in total. The summed E-state index contributed by atoms with van der Waals surface area (Å²) in [6.45, 7) is 5.86. The first-order valence-corrected chi connectivity index (χ1v) is 12.5. The molecule has 1 saturated heterocycles. The fraction of sp³-hybridized carbons (Fsp3) is 0.458. The Morgan fingerprint density at radius 2 is 2.03 bits per heavy atom. The lowest BCUT2D eigenvalue weighted by atomic mass is 9.96. The quantitative estimate of drug-likeness (QED) is 0.490. The fourth-order valence-corrected chi connectivity index (χ4v) is 5.09. The number of nitrogens with zero attached hydrogens (tertiary/aromatic N) is 4. The summed E-state index contributed by atoms with van der Waals surface area (Å²) in [7, 11) is 1.54. The number of methoxy groups -OCH3 is 1. The Morgan fingerprint density at radius 1 is 1.26 bits per heavy atom. The minimum atomic E-state index is -0.356. The number of amides is 2. The third-order valence-electron chi connectivity index (χ3n) is 6.00. The van der Waals surface area contributed by atoms with E-state index >= 15 is 0 Å². The predicted molar refractivity (Wildman–Crippen MR) is 136 cm³/mol. The van der Waals surface area contributed by atoms with Gasteiger partial charge in [-0.15, -0.1) is 0 Å². The topological polar surface area (TPSA) is 118 Å². The molecular weight excluding hydrogens is 468 g/mol. The van der Waals surface area contributed by atoms with Crippen molar-refractivity contribution in [3.05, 3.63) is 40.4 Å². The smallest absolute Gasteiger partial charge is 0.273 e. The SMILES string of the molecule is CCCNC(=O)C1CCN(c2nc3ncn(CC(=O)Nc4cc(C)ccc4OC)c(=O)c3s2)CC1. The minimum Gasteiger partial charge on any atom is -0.495 e. The Labute approximate surface area is 207 Å². The lowest BCUT2D eigenvalue weighted by Gasteiger charge is -2.30. The second-order valence-electron chi connectivity index (χ2n) is 8.63. The molecule has 0 atom stereocenters. The molecule has 2 amide bonds. The molecule has 0 unspecified atom stereocenters. The molecule has 35 heavy (non-hydrogen) atoms. The zero-order valence-electron chi connectivity index (χ0n) is 20.2. The van der Waals surface area contributed by atoms with E-state index in [0.29, 0.717) is 46.5 Å². The summed E-state index contributed by atoms with van der Waals surface area (Å²) in [5.41, 5.74) is 1.59. The second kappa shape index (κ2) is 10.9. The Kier molecular flexibility index (Phi) is 7.64. The summed E-state index contributed by atoms with van der Waals surface area (Å²) in [5, 5.41) is 6.48. The molecule has 0 bridgehead atoms. The number of anilines is 2. The van der Waals surface area contributed by atoms with Crippen molar-refractivity contribution in [1.29, 1.82) is 0 Å². The van der Waals surface area contributed by atoms with Gasteiger partial charge in [-0.1, -0.05) is 24.3 Å². The van der Waals surface area contributed by atoms with E-state index in [-0.39, 0.29) is 29.8 Å². The molecule has 0 radical (unpaired) electrons. The molecule has 186 valence electrons. The fourth-order valence-electron chi connectivity index (χ4n) is 4.07. The van der Waals surface area contributed by atoms with Crippen LogP contribution in [0.5, 0.6) is 5.75 Å². The van der Waals surface area contributed by atoms with Crippen LogP contribution in [0.1, 0.15) is 31.7 Å². The van der Waals surface area contributed by atoms with Crippen LogP contribution in [0.2, 0.25) is 0 Å². The van der Waals surface area contributed by atoms with Gasteiger partial charge in [0.2, 0.25) is 11.8 Å². The average molecular weight is 499 g/mol. The highest BCUT2D eigenvalue weighted by atomic mass is 32.1. The first kappa shape index (κ1) is 24.6. The number of aryl methyl sites for hydroxylation is 1. The average Bonchev–Trinajstić information content (AvgIpc) is 3.30. The number of piperidine rings is 1. The van der Waals surface area contributed by atoms with E-state index < -0.39 is 0 Å². The molecular formula is C24H30N6O4S. The number of rotatable bonds is 8. The van der Waals surface area contributed by atoms with Gasteiger partial charge < -0.3 is 20.3 Å². The Hall–Kier alpha value is -3.47. The molecule has 1 aliphatic heterocycles. The molecule has 0 spiro atoms. The van der Waals surface area contributed by atoms with Crippen molar-refractivity contribution in [3.8, 4) is 5.75 Å². The number of fused-ring (bicyclic) bond motifs is 1. The van der Waals surface area contributed by atoms with E-state index in [9.17, 15) is 14.4 Å². The van der Waals surface area contributed by atoms with Crippen LogP contribution in [0, 0.1) is 12.8 Å². The maximum atomic E-state index is 13.0. The normalized spacial score (nSPS) is 14.2. The van der Waals surface area contributed by atoms with Crippen LogP contribution in [0.4, 0.5) is 10.8 Å². The van der Waals surface area contributed by atoms with Crippen LogP contribution in [0.3, 0.4) is 0 Å². The number of carbonyl (C=O) groups is 2. The van der Waals surface area contributed by atoms with E-state index in [1.807, 2.05) is 26.0 Å². The minimum absolute atomic E-state index is 0.00747. The predicted octanol–water partition coefficient (Wildman–Crippen LogP) is 2.55. The van der Waals surface area contributed by atoms with Gasteiger partial charge in [0.05, 0.1) is 12.8 Å². The molecule has 3 aromatic rings. The largest absolute Gasteiger partial charge is 0.495 e. The van der Waals surface area contributed by atoms with Crippen LogP contribution in [0.15, 0.2) is 29.3 Å². The number of aromatic nitrogens is 3. The first-order chi connectivity index (χ1) is 16.9. The van der Waals surface area contributed by atoms with Crippen LogP contribution in [-0.2, 0) is 16.1 Å². The maximum absolute atomic E-state index is 13.0. The highest BCUT2D eigenvalue weighted by Gasteiger charge is 2.27. The first-order valence-electron chi connectivity index (χ1n) is 11.7. The zero-order valence-corrected chi connectivity index (χ0v) is 21.0. The Morgan fingerprint density at radius 3 is 2.74 bits per heavy atom. The van der Waals surface area contributed by atoms with Crippen LogP contribution < -0.4 is 25.8 Å². The molecule has 1 fully saturated rings. The molecule has 0 aliphatic carbocycles. The van der Waals surface area contributed by atoms with Crippen molar-refractivity contribution < 1.29 is 14.3 Å². The number of thiazole rings is 1. The molecule has 2 aromatic heterocycles. The van der Waals surface area contributed by atoms with Gasteiger partial charge >= 0.3 is 0 Å². The monoisotopic (exact) mass is 498 g/mol. The third kappa shape index (κ3) is 5.61. The standard InChI is InChI=1S/C24H30N6O4S/c1-4-9-25-22(32)16-7-10-29(11-8-16)24-28-21-20(35-24)23(33)30(14-26-21)13-19(31)27-17-12-15(2)5-6-18(17)34-3/h5-6,12,14,16H,4,7-11,13H2,1-3H3,(H,25,32)(H,27,31). The number of hydrogen-bond donors (Lipinski definition) is 2. The molecule has 11 heteroatoms. The lowest BCUT2D eigenvalue weighted by molar-refractivity contribution is -0.125. The molecule has 3 heterocycles. The lowest BCUT2D eigenvalue weighted by Crippen LogP contribution is -2.40. The van der Waals surface area contributed by atoms with E-state index in [2.05, 4.69) is 25.5 Å². The number of nitrogens with one attached hydrogen (secondary N) is 2. The summed E-state index contributed by atoms with van der Waals surface area (Å²) in [4.78, 5) is 48.9. The number of carbonyl (C=O) groups excluding carboxylic acids is 2. The summed E-state index contributed by atoms with van der Waals surface area (Å²) in [6, 6.07) is 5.49. The third-order valence-corrected chi connectivity index (χ3v) is 7.09. The van der Waals surface area contributed by atoms with E-state index in [1.165, 1.54) is 29.3 Å². The van der Waals surface area contributed by atoms with Gasteiger partial charge in [0, 0.05) is 25.6 Å². The highest BCUT2D eigenvalue weighted by Crippen LogP contribution is 2.29. The highest BCUT2D eigenvalue weighted by molar-refractivity contribution is 7.22. The van der Waals surface area contributed by atoms with Crippen LogP contribution >= 0.6 is 11.3 Å². The van der Waals surface area contributed by atoms with Gasteiger partial charge in [-0.3, -0.25) is 19.0 Å². The van der Waals surface area contributed by atoms with Gasteiger partial charge in [-0.2, -0.15) is 4.98 Å². The van der Waals surface area contributed by atoms with Crippen molar-refractivity contribution in [2.75, 3.05) is 37.0 Å². The van der Waals surface area contributed by atoms with Crippen molar-refractivity contribution in [1.82, 2.24) is 19.9 Å². The second-order valence-corrected chi connectivity index (χ2v) is 9.61. The summed E-state index contributed by atoms with van der Waals surface area (Å²) < 4.78 is 6.99. The van der Waals surface area contributed by atoms with Gasteiger partial charge in [-0.25, -0.2) is 4.98 Å². The van der Waals surface area contributed by atoms with Gasteiger partial charge in [-0.05, 0) is 43.9 Å². The van der Waals surface area contributed by atoms with E-state index in [1.54, 1.807) is 6.07 Å². The molecule has 1 aromatic carbocycles. The van der Waals surface area contributed by atoms with Crippen LogP contribution in [0.25, 0.3) is 10.3 Å². The molecule has 10 nitrogen and oxygen atoms in total. The van der Waals surface area contributed by atoms with Gasteiger partial charge in [0.1, 0.15) is 23.3 Å². The van der Waals surface area contributed by atoms with Gasteiger partial charge in [0.25, 0.3) is 5.56 Å². The number of benzene rings is 1. The summed E-state index contributed by atoms with van der Waals surface area (Å²) in [6.07, 6.45) is 3.76. The van der Waals surface area contributed by atoms with Crippen molar-refractivity contribution in [2.45, 2.75) is 39.7 Å². The summed E-state index contributed by atoms with van der Waals surface area (Å²) in [5.74, 6) is 0.309. The number of ether oxygens (including phenoxy) is 1. The van der Waals surface area contributed by atoms with Crippen molar-refractivity contribution >= 4 is 44.3 Å². The van der Waals surface area contributed by atoms with E-state index in [0.717, 1.165) is 24.8 Å². The van der Waals surface area contributed by atoms with Crippen molar-refractivity contribution in [3.63, 3.8) is 0 Å². The maximum Gasteiger partial charge on any atom is 0.273 e. The van der Waals surface area contributed by atoms with E-state index in [4.69, 9.17) is 4.74 Å².